The predicted octanol–water partition coefficient (Wildman–Crippen LogP) is 1.27. The van der Waals surface area contributed by atoms with Crippen LogP contribution in [0, 0.1) is 0 Å². The molecular weight excluding hydrogens is 178 g/mol. The van der Waals surface area contributed by atoms with Crippen molar-refractivity contribution < 1.29 is 9.84 Å². The molecule has 1 aromatic rings. The second kappa shape index (κ2) is 4.44. The van der Waals surface area contributed by atoms with E-state index in [2.05, 4.69) is 5.32 Å². The summed E-state index contributed by atoms with van der Waals surface area (Å²) in [6, 6.07) is 7.77. The smallest absolute Gasteiger partial charge is 0.115 e. The Kier molecular flexibility index (Phi) is 3.01. The molecular formula is C11H15NO2. The summed E-state index contributed by atoms with van der Waals surface area (Å²) in [5.41, 5.74) is 1.19. The van der Waals surface area contributed by atoms with E-state index in [0.29, 0.717) is 11.8 Å². The molecule has 1 aliphatic heterocycles. The van der Waals surface area contributed by atoms with Gasteiger partial charge in [0.05, 0.1) is 6.61 Å². The van der Waals surface area contributed by atoms with Crippen LogP contribution in [0.15, 0.2) is 24.3 Å². The number of rotatable bonds is 3. The van der Waals surface area contributed by atoms with Crippen LogP contribution in [0.25, 0.3) is 0 Å². The Morgan fingerprint density at radius 2 is 2.14 bits per heavy atom. The van der Waals surface area contributed by atoms with Gasteiger partial charge in [0.15, 0.2) is 0 Å². The van der Waals surface area contributed by atoms with Crippen molar-refractivity contribution in [3.05, 3.63) is 29.8 Å². The molecule has 0 radical (unpaired) electrons. The highest BCUT2D eigenvalue weighted by molar-refractivity contribution is 5.25. The van der Waals surface area contributed by atoms with Crippen molar-refractivity contribution in [2.24, 2.45) is 0 Å². The fourth-order valence-electron chi connectivity index (χ4n) is 1.57. The van der Waals surface area contributed by atoms with Gasteiger partial charge >= 0.3 is 0 Å². The van der Waals surface area contributed by atoms with Gasteiger partial charge in [0.1, 0.15) is 5.75 Å². The fraction of sp³-hybridized carbons (Fsp3) is 0.455. The number of phenolic OH excluding ortho intramolecular Hbond substituents is 1. The van der Waals surface area contributed by atoms with Gasteiger partial charge in [-0.05, 0) is 24.1 Å². The average Bonchev–Trinajstić information content (AvgIpc) is 2.70. The molecule has 1 aromatic carbocycles. The van der Waals surface area contributed by atoms with E-state index in [1.807, 2.05) is 12.1 Å². The maximum absolute atomic E-state index is 9.10. The maximum Gasteiger partial charge on any atom is 0.115 e. The Bertz CT molecular complexity index is 278. The molecule has 0 aliphatic carbocycles. The first kappa shape index (κ1) is 9.49. The summed E-state index contributed by atoms with van der Waals surface area (Å²) < 4.78 is 5.26. The summed E-state index contributed by atoms with van der Waals surface area (Å²) in [4.78, 5) is 0. The van der Waals surface area contributed by atoms with Gasteiger partial charge in [0, 0.05) is 19.2 Å². The van der Waals surface area contributed by atoms with E-state index in [4.69, 9.17) is 9.84 Å². The standard InChI is InChI=1S/C11H15NO2/c13-11-3-1-9(2-4-11)7-12-10-5-6-14-8-10/h1-4,10,12-13H,5-8H2. The molecule has 0 bridgehead atoms. The predicted molar refractivity (Wildman–Crippen MR) is 54.2 cm³/mol. The molecule has 0 amide bonds. The zero-order valence-electron chi connectivity index (χ0n) is 8.07. The lowest BCUT2D eigenvalue weighted by molar-refractivity contribution is 0.190. The van der Waals surface area contributed by atoms with Gasteiger partial charge in [-0.15, -0.1) is 0 Å². The average molecular weight is 193 g/mol. The van der Waals surface area contributed by atoms with Crippen LogP contribution in [-0.4, -0.2) is 24.4 Å². The van der Waals surface area contributed by atoms with Gasteiger partial charge in [-0.1, -0.05) is 12.1 Å². The lowest BCUT2D eigenvalue weighted by Gasteiger charge is -2.10. The molecule has 1 atom stereocenters. The Labute approximate surface area is 83.7 Å². The topological polar surface area (TPSA) is 41.5 Å². The van der Waals surface area contributed by atoms with Gasteiger partial charge in [-0.3, -0.25) is 0 Å². The van der Waals surface area contributed by atoms with E-state index in [0.717, 1.165) is 26.2 Å². The van der Waals surface area contributed by atoms with Crippen molar-refractivity contribution in [1.29, 1.82) is 0 Å². The third-order valence-electron chi connectivity index (χ3n) is 2.46. The van der Waals surface area contributed by atoms with Crippen LogP contribution >= 0.6 is 0 Å². The van der Waals surface area contributed by atoms with Crippen LogP contribution < -0.4 is 5.32 Å². The van der Waals surface area contributed by atoms with Crippen LogP contribution in [0.4, 0.5) is 0 Å². The van der Waals surface area contributed by atoms with Gasteiger partial charge in [0.25, 0.3) is 0 Å². The molecule has 1 aliphatic rings. The molecule has 3 heteroatoms. The van der Waals surface area contributed by atoms with E-state index in [1.54, 1.807) is 12.1 Å². The summed E-state index contributed by atoms with van der Waals surface area (Å²) in [6.07, 6.45) is 1.10. The SMILES string of the molecule is Oc1ccc(CNC2CCOC2)cc1. The first-order valence-corrected chi connectivity index (χ1v) is 4.93. The number of phenols is 1. The molecule has 2 rings (SSSR count). The summed E-state index contributed by atoms with van der Waals surface area (Å²) in [5, 5.41) is 12.5. The van der Waals surface area contributed by atoms with E-state index >= 15 is 0 Å². The zero-order chi connectivity index (χ0) is 9.80. The monoisotopic (exact) mass is 193 g/mol. The Morgan fingerprint density at radius 3 is 2.79 bits per heavy atom. The highest BCUT2D eigenvalue weighted by Crippen LogP contribution is 2.10. The number of nitrogens with one attached hydrogen (secondary N) is 1. The molecule has 3 nitrogen and oxygen atoms in total. The van der Waals surface area contributed by atoms with Crippen LogP contribution in [0.2, 0.25) is 0 Å². The molecule has 2 N–H and O–H groups in total. The molecule has 1 unspecified atom stereocenters. The van der Waals surface area contributed by atoms with Crippen LogP contribution in [0.1, 0.15) is 12.0 Å². The van der Waals surface area contributed by atoms with Crippen molar-refractivity contribution >= 4 is 0 Å². The van der Waals surface area contributed by atoms with Gasteiger partial charge in [-0.2, -0.15) is 0 Å². The number of benzene rings is 1. The van der Waals surface area contributed by atoms with E-state index in [1.165, 1.54) is 5.56 Å². The Morgan fingerprint density at radius 1 is 1.36 bits per heavy atom. The third kappa shape index (κ3) is 2.47. The van der Waals surface area contributed by atoms with E-state index < -0.39 is 0 Å². The third-order valence-corrected chi connectivity index (χ3v) is 2.46. The molecule has 76 valence electrons. The maximum atomic E-state index is 9.10. The quantitative estimate of drug-likeness (QED) is 0.759. The van der Waals surface area contributed by atoms with E-state index in [-0.39, 0.29) is 0 Å². The van der Waals surface area contributed by atoms with E-state index in [9.17, 15) is 0 Å². The summed E-state index contributed by atoms with van der Waals surface area (Å²) in [6.45, 7) is 2.53. The highest BCUT2D eigenvalue weighted by atomic mass is 16.5. The highest BCUT2D eigenvalue weighted by Gasteiger charge is 2.13. The number of ether oxygens (including phenoxy) is 1. The first-order chi connectivity index (χ1) is 6.84. The first-order valence-electron chi connectivity index (χ1n) is 4.93. The van der Waals surface area contributed by atoms with Crippen LogP contribution in [-0.2, 0) is 11.3 Å². The molecule has 1 heterocycles. The number of aromatic hydroxyl groups is 1. The molecule has 0 spiro atoms. The second-order valence-corrected chi connectivity index (χ2v) is 3.61. The fourth-order valence-corrected chi connectivity index (χ4v) is 1.57. The molecule has 1 saturated heterocycles. The summed E-state index contributed by atoms with van der Waals surface area (Å²) >= 11 is 0. The van der Waals surface area contributed by atoms with Crippen molar-refractivity contribution in [1.82, 2.24) is 5.32 Å². The van der Waals surface area contributed by atoms with Crippen LogP contribution in [0.3, 0.4) is 0 Å². The lowest BCUT2D eigenvalue weighted by atomic mass is 10.2. The van der Waals surface area contributed by atoms with Gasteiger partial charge in [-0.25, -0.2) is 0 Å². The minimum absolute atomic E-state index is 0.318. The summed E-state index contributed by atoms with van der Waals surface area (Å²) in [7, 11) is 0. The number of hydrogen-bond acceptors (Lipinski definition) is 3. The van der Waals surface area contributed by atoms with Crippen LogP contribution in [0.5, 0.6) is 5.75 Å². The molecule has 14 heavy (non-hydrogen) atoms. The minimum atomic E-state index is 0.318. The zero-order valence-corrected chi connectivity index (χ0v) is 8.07. The summed E-state index contributed by atoms with van der Waals surface area (Å²) in [5.74, 6) is 0.318. The van der Waals surface area contributed by atoms with Crippen molar-refractivity contribution in [2.45, 2.75) is 19.0 Å². The Balaban J connectivity index is 1.82. The van der Waals surface area contributed by atoms with Crippen molar-refractivity contribution in [3.8, 4) is 5.75 Å². The molecule has 0 aromatic heterocycles. The normalized spacial score (nSPS) is 21.3. The second-order valence-electron chi connectivity index (χ2n) is 3.61. The minimum Gasteiger partial charge on any atom is -0.508 e. The number of hydrogen-bond donors (Lipinski definition) is 2. The van der Waals surface area contributed by atoms with Crippen molar-refractivity contribution in [2.75, 3.05) is 13.2 Å². The van der Waals surface area contributed by atoms with Crippen molar-refractivity contribution in [3.63, 3.8) is 0 Å². The largest absolute Gasteiger partial charge is 0.508 e. The van der Waals surface area contributed by atoms with Gasteiger partial charge in [0.2, 0.25) is 0 Å². The lowest BCUT2D eigenvalue weighted by Crippen LogP contribution is -2.28. The molecule has 0 saturated carbocycles. The Hall–Kier alpha value is -1.06. The van der Waals surface area contributed by atoms with Gasteiger partial charge < -0.3 is 15.2 Å². The molecule has 1 fully saturated rings.